The summed E-state index contributed by atoms with van der Waals surface area (Å²) in [4.78, 5) is 20.3. The van der Waals surface area contributed by atoms with Gasteiger partial charge in [-0.15, -0.1) is 22.7 Å². The van der Waals surface area contributed by atoms with Crippen molar-refractivity contribution in [3.8, 4) is 0 Å². The summed E-state index contributed by atoms with van der Waals surface area (Å²) >= 11 is 3.38. The van der Waals surface area contributed by atoms with Crippen molar-refractivity contribution in [3.05, 3.63) is 37.5 Å². The van der Waals surface area contributed by atoms with Crippen LogP contribution in [0.25, 0.3) is 0 Å². The lowest BCUT2D eigenvalue weighted by Crippen LogP contribution is -2.27. The molecule has 0 aliphatic heterocycles. The van der Waals surface area contributed by atoms with E-state index >= 15 is 0 Å². The minimum Gasteiger partial charge on any atom is -0.336 e. The number of nitrogens with zero attached hydrogens (tertiary/aromatic N) is 2. The number of hydrogen-bond donors (Lipinski definition) is 0. The van der Waals surface area contributed by atoms with Crippen LogP contribution in [0, 0.1) is 12.8 Å². The summed E-state index contributed by atoms with van der Waals surface area (Å²) in [5.74, 6) is 0.877. The number of thiazole rings is 1. The van der Waals surface area contributed by atoms with E-state index in [0.29, 0.717) is 6.54 Å². The van der Waals surface area contributed by atoms with Crippen LogP contribution in [-0.4, -0.2) is 22.8 Å². The molecule has 1 aliphatic rings. The molecule has 2 aromatic rings. The van der Waals surface area contributed by atoms with Gasteiger partial charge in [0, 0.05) is 22.7 Å². The molecule has 1 amide bonds. The molecular formula is C16H20N2OS2. The summed E-state index contributed by atoms with van der Waals surface area (Å²) in [7, 11) is 1.87. The Labute approximate surface area is 133 Å². The average molecular weight is 320 g/mol. The predicted molar refractivity (Wildman–Crippen MR) is 88.2 cm³/mol. The first-order valence-corrected chi connectivity index (χ1v) is 9.06. The van der Waals surface area contributed by atoms with Gasteiger partial charge in [0.1, 0.15) is 0 Å². The molecule has 0 bridgehead atoms. The van der Waals surface area contributed by atoms with Crippen molar-refractivity contribution in [2.75, 3.05) is 7.05 Å². The molecule has 2 heterocycles. The summed E-state index contributed by atoms with van der Waals surface area (Å²) in [5, 5.41) is 5.13. The van der Waals surface area contributed by atoms with Gasteiger partial charge >= 0.3 is 0 Å². The first-order chi connectivity index (χ1) is 10.0. The second kappa shape index (κ2) is 5.89. The molecule has 0 aromatic carbocycles. The van der Waals surface area contributed by atoms with Crippen molar-refractivity contribution < 1.29 is 4.79 Å². The minimum atomic E-state index is 0.132. The Morgan fingerprint density at radius 1 is 1.43 bits per heavy atom. The second-order valence-corrected chi connectivity index (χ2v) is 7.94. The summed E-state index contributed by atoms with van der Waals surface area (Å²) in [5.41, 5.74) is 3.19. The molecule has 5 heteroatoms. The number of carbonyl (C=O) groups excluding carboxylic acids is 1. The Hall–Kier alpha value is -1.20. The van der Waals surface area contributed by atoms with Crippen molar-refractivity contribution in [1.29, 1.82) is 0 Å². The van der Waals surface area contributed by atoms with Gasteiger partial charge in [-0.25, -0.2) is 4.98 Å². The molecule has 0 N–H and O–H groups in total. The van der Waals surface area contributed by atoms with E-state index in [1.807, 2.05) is 24.7 Å². The fraction of sp³-hybridized carbons (Fsp3) is 0.500. The number of fused-ring (bicyclic) bond motifs is 1. The van der Waals surface area contributed by atoms with Crippen LogP contribution in [0.5, 0.6) is 0 Å². The van der Waals surface area contributed by atoms with Gasteiger partial charge in [-0.2, -0.15) is 0 Å². The molecule has 3 rings (SSSR count). The molecule has 1 atom stereocenters. The molecule has 0 fully saturated rings. The SMILES string of the molecule is Cc1nc(CN(C)C(=O)c2csc3c2CCC(C)C3)cs1. The number of aromatic nitrogens is 1. The quantitative estimate of drug-likeness (QED) is 0.859. The molecular weight excluding hydrogens is 300 g/mol. The van der Waals surface area contributed by atoms with Crippen LogP contribution in [-0.2, 0) is 19.4 Å². The maximum atomic E-state index is 12.7. The molecule has 3 nitrogen and oxygen atoms in total. The zero-order chi connectivity index (χ0) is 15.0. The van der Waals surface area contributed by atoms with E-state index in [1.165, 1.54) is 16.9 Å². The van der Waals surface area contributed by atoms with Gasteiger partial charge in [0.25, 0.3) is 5.91 Å². The Bertz CT molecular complexity index is 659. The third kappa shape index (κ3) is 3.04. The largest absolute Gasteiger partial charge is 0.336 e. The third-order valence-electron chi connectivity index (χ3n) is 4.04. The van der Waals surface area contributed by atoms with Crippen LogP contribution in [0.15, 0.2) is 10.8 Å². The predicted octanol–water partition coefficient (Wildman–Crippen LogP) is 3.91. The van der Waals surface area contributed by atoms with Gasteiger partial charge in [-0.05, 0) is 37.7 Å². The molecule has 0 saturated carbocycles. The van der Waals surface area contributed by atoms with Gasteiger partial charge < -0.3 is 4.90 Å². The molecule has 0 saturated heterocycles. The lowest BCUT2D eigenvalue weighted by atomic mass is 9.88. The smallest absolute Gasteiger partial charge is 0.255 e. The molecule has 112 valence electrons. The summed E-state index contributed by atoms with van der Waals surface area (Å²) in [6.07, 6.45) is 3.37. The number of hydrogen-bond acceptors (Lipinski definition) is 4. The van der Waals surface area contributed by atoms with Gasteiger partial charge in [-0.3, -0.25) is 4.79 Å². The number of amides is 1. The Morgan fingerprint density at radius 3 is 2.95 bits per heavy atom. The molecule has 0 spiro atoms. The topological polar surface area (TPSA) is 33.2 Å². The highest BCUT2D eigenvalue weighted by atomic mass is 32.1. The molecule has 2 aromatic heterocycles. The summed E-state index contributed by atoms with van der Waals surface area (Å²) in [6.45, 7) is 4.87. The van der Waals surface area contributed by atoms with E-state index in [0.717, 1.165) is 35.0 Å². The van der Waals surface area contributed by atoms with Crippen LogP contribution in [0.3, 0.4) is 0 Å². The lowest BCUT2D eigenvalue weighted by molar-refractivity contribution is 0.0782. The second-order valence-electron chi connectivity index (χ2n) is 5.92. The number of rotatable bonds is 3. The normalized spacial score (nSPS) is 17.6. The molecule has 1 aliphatic carbocycles. The van der Waals surface area contributed by atoms with Gasteiger partial charge in [0.05, 0.1) is 22.8 Å². The summed E-state index contributed by atoms with van der Waals surface area (Å²) in [6, 6.07) is 0. The summed E-state index contributed by atoms with van der Waals surface area (Å²) < 4.78 is 0. The van der Waals surface area contributed by atoms with Crippen LogP contribution in [0.4, 0.5) is 0 Å². The van der Waals surface area contributed by atoms with Crippen molar-refractivity contribution in [2.45, 2.75) is 39.7 Å². The number of aryl methyl sites for hydroxylation is 1. The Balaban J connectivity index is 1.76. The standard InChI is InChI=1S/C16H20N2OS2/c1-10-4-5-13-14(9-21-15(13)6-10)16(19)18(3)7-12-8-20-11(2)17-12/h8-10H,4-7H2,1-3H3. The van der Waals surface area contributed by atoms with Crippen molar-refractivity contribution in [1.82, 2.24) is 9.88 Å². The van der Waals surface area contributed by atoms with E-state index in [9.17, 15) is 4.79 Å². The average Bonchev–Trinajstić information content (AvgIpc) is 3.03. The van der Waals surface area contributed by atoms with Crippen LogP contribution in [0.1, 0.15) is 44.8 Å². The highest BCUT2D eigenvalue weighted by Crippen LogP contribution is 2.33. The van der Waals surface area contributed by atoms with Crippen molar-refractivity contribution in [3.63, 3.8) is 0 Å². The van der Waals surface area contributed by atoms with Crippen molar-refractivity contribution >= 4 is 28.6 Å². The van der Waals surface area contributed by atoms with Crippen molar-refractivity contribution in [2.24, 2.45) is 5.92 Å². The van der Waals surface area contributed by atoms with Crippen LogP contribution < -0.4 is 0 Å². The van der Waals surface area contributed by atoms with E-state index in [2.05, 4.69) is 11.9 Å². The Kier molecular flexibility index (Phi) is 4.13. The van der Waals surface area contributed by atoms with Crippen LogP contribution >= 0.6 is 22.7 Å². The highest BCUT2D eigenvalue weighted by molar-refractivity contribution is 7.10. The number of carbonyl (C=O) groups is 1. The maximum Gasteiger partial charge on any atom is 0.255 e. The van der Waals surface area contributed by atoms with Crippen LogP contribution in [0.2, 0.25) is 0 Å². The van der Waals surface area contributed by atoms with Gasteiger partial charge in [0.2, 0.25) is 0 Å². The first-order valence-electron chi connectivity index (χ1n) is 7.30. The molecule has 0 radical (unpaired) electrons. The maximum absolute atomic E-state index is 12.7. The Morgan fingerprint density at radius 2 is 2.24 bits per heavy atom. The monoisotopic (exact) mass is 320 g/mol. The third-order valence-corrected chi connectivity index (χ3v) is 5.92. The van der Waals surface area contributed by atoms with Gasteiger partial charge in [0.15, 0.2) is 0 Å². The van der Waals surface area contributed by atoms with E-state index in [1.54, 1.807) is 27.6 Å². The molecule has 21 heavy (non-hydrogen) atoms. The van der Waals surface area contributed by atoms with E-state index in [-0.39, 0.29) is 5.91 Å². The minimum absolute atomic E-state index is 0.132. The zero-order valence-electron chi connectivity index (χ0n) is 12.7. The van der Waals surface area contributed by atoms with E-state index < -0.39 is 0 Å². The highest BCUT2D eigenvalue weighted by Gasteiger charge is 2.25. The first kappa shape index (κ1) is 14.7. The van der Waals surface area contributed by atoms with Gasteiger partial charge in [-0.1, -0.05) is 6.92 Å². The fourth-order valence-electron chi connectivity index (χ4n) is 2.86. The fourth-order valence-corrected chi connectivity index (χ4v) is 4.70. The number of thiophene rings is 1. The lowest BCUT2D eigenvalue weighted by Gasteiger charge is -2.21. The van der Waals surface area contributed by atoms with E-state index in [4.69, 9.17) is 0 Å². The zero-order valence-corrected chi connectivity index (χ0v) is 14.3. The molecule has 1 unspecified atom stereocenters.